The normalized spacial score (nSPS) is 18.2. The van der Waals surface area contributed by atoms with Crippen molar-refractivity contribution in [2.45, 2.75) is 63.5 Å². The lowest BCUT2D eigenvalue weighted by molar-refractivity contribution is -0.155. The first kappa shape index (κ1) is 33.2. The molecule has 43 heavy (non-hydrogen) atoms. The molecule has 1 amide bonds. The molecule has 0 aromatic heterocycles. The smallest absolute Gasteiger partial charge is 0.402 e. The molecule has 232 valence electrons. The summed E-state index contributed by atoms with van der Waals surface area (Å²) in [5.41, 5.74) is 11.0. The molecule has 1 aliphatic heterocycles. The number of aliphatic imine (C=N–C) groups is 1. The first-order valence-corrected chi connectivity index (χ1v) is 13.3. The second-order valence-electron chi connectivity index (χ2n) is 10.5. The summed E-state index contributed by atoms with van der Waals surface area (Å²) < 4.78 is 55.8. The van der Waals surface area contributed by atoms with Crippen molar-refractivity contribution in [3.63, 3.8) is 0 Å². The first-order valence-electron chi connectivity index (χ1n) is 13.3. The highest BCUT2D eigenvalue weighted by Crippen LogP contribution is 2.46. The Morgan fingerprint density at radius 2 is 1.86 bits per heavy atom. The number of halogens is 3. The maximum Gasteiger partial charge on any atom is 0.402 e. The minimum Gasteiger partial charge on any atom is -0.494 e. The van der Waals surface area contributed by atoms with E-state index in [1.807, 2.05) is 5.43 Å². The third-order valence-electron chi connectivity index (χ3n) is 6.02. The molecule has 0 radical (unpaired) electrons. The summed E-state index contributed by atoms with van der Waals surface area (Å²) in [5.74, 6) is -1.23. The summed E-state index contributed by atoms with van der Waals surface area (Å²) >= 11 is 0. The molecule has 3 rings (SSSR count). The largest absolute Gasteiger partial charge is 0.494 e. The average Bonchev–Trinajstić information content (AvgIpc) is 3.32. The number of benzene rings is 2. The molecule has 12 nitrogen and oxygen atoms in total. The van der Waals surface area contributed by atoms with Crippen molar-refractivity contribution in [2.75, 3.05) is 19.8 Å². The van der Waals surface area contributed by atoms with Crippen LogP contribution in [0.2, 0.25) is 0 Å². The Balaban J connectivity index is 2.09. The molecule has 0 aliphatic carbocycles. The number of amides is 1. The Labute approximate surface area is 245 Å². The number of ether oxygens (including phenoxy) is 3. The fourth-order valence-corrected chi connectivity index (χ4v) is 4.21. The fraction of sp³-hybridized carbons (Fsp3) is 0.464. The summed E-state index contributed by atoms with van der Waals surface area (Å²) in [5, 5.41) is 12.7. The van der Waals surface area contributed by atoms with Crippen LogP contribution in [0, 0.1) is 0 Å². The number of nitrogens with one attached hydrogen (secondary N) is 2. The van der Waals surface area contributed by atoms with E-state index in [0.29, 0.717) is 17.7 Å². The van der Waals surface area contributed by atoms with Crippen LogP contribution in [0.4, 0.5) is 18.9 Å². The van der Waals surface area contributed by atoms with E-state index in [0.717, 1.165) is 0 Å². The van der Waals surface area contributed by atoms with Crippen LogP contribution in [0.5, 0.6) is 5.75 Å². The molecular weight excluding hydrogens is 573 g/mol. The van der Waals surface area contributed by atoms with Gasteiger partial charge in [-0.2, -0.15) is 13.2 Å². The monoisotopic (exact) mass is 606 g/mol. The molecule has 0 fully saturated rings. The zero-order valence-electron chi connectivity index (χ0n) is 23.8. The van der Waals surface area contributed by atoms with E-state index in [9.17, 15) is 22.8 Å². The molecule has 0 bridgehead atoms. The van der Waals surface area contributed by atoms with Crippen molar-refractivity contribution in [1.82, 2.24) is 10.9 Å². The van der Waals surface area contributed by atoms with Crippen molar-refractivity contribution < 1.29 is 42.1 Å². The van der Waals surface area contributed by atoms with Gasteiger partial charge in [-0.3, -0.25) is 15.0 Å². The van der Waals surface area contributed by atoms with Crippen LogP contribution >= 0.6 is 0 Å². The van der Waals surface area contributed by atoms with Crippen LogP contribution in [-0.4, -0.2) is 60.0 Å². The Morgan fingerprint density at radius 1 is 1.16 bits per heavy atom. The molecule has 15 heteroatoms. The van der Waals surface area contributed by atoms with E-state index in [1.165, 1.54) is 12.1 Å². The Bertz CT molecular complexity index is 1360. The van der Waals surface area contributed by atoms with Gasteiger partial charge >= 0.3 is 12.1 Å². The second-order valence-corrected chi connectivity index (χ2v) is 10.5. The van der Waals surface area contributed by atoms with Crippen LogP contribution in [0.3, 0.4) is 0 Å². The third-order valence-corrected chi connectivity index (χ3v) is 6.02. The van der Waals surface area contributed by atoms with Gasteiger partial charge in [-0.15, -0.1) is 0 Å². The van der Waals surface area contributed by atoms with Crippen LogP contribution in [0.15, 0.2) is 58.6 Å². The number of carbonyl (C=O) groups excluding carboxylic acids is 2. The molecule has 1 aliphatic rings. The maximum atomic E-state index is 13.8. The number of alkyl halides is 3. The molecule has 0 unspecified atom stereocenters. The van der Waals surface area contributed by atoms with E-state index < -0.39 is 41.8 Å². The van der Waals surface area contributed by atoms with Gasteiger partial charge < -0.3 is 19.3 Å². The topological polar surface area (TPSA) is 167 Å². The average molecular weight is 607 g/mol. The number of aliphatic hydroxyl groups is 1. The lowest BCUT2D eigenvalue weighted by Crippen LogP contribution is -2.54. The Morgan fingerprint density at radius 3 is 2.49 bits per heavy atom. The van der Waals surface area contributed by atoms with E-state index in [-0.39, 0.29) is 43.2 Å². The number of aliphatic hydroxyl groups excluding tert-OH is 1. The highest BCUT2D eigenvalue weighted by Gasteiger charge is 2.54. The van der Waals surface area contributed by atoms with Gasteiger partial charge in [-0.1, -0.05) is 29.4 Å². The molecule has 2 atom stereocenters. The molecular formula is C28H33F3N6O6. The van der Waals surface area contributed by atoms with Gasteiger partial charge in [0.25, 0.3) is 5.91 Å². The Hall–Kier alpha value is -4.33. The van der Waals surface area contributed by atoms with Gasteiger partial charge in [-0.25, -0.2) is 10.4 Å². The molecule has 0 saturated heterocycles. The standard InChI is InChI=1S/C28H33F3N6O6/c1-26(2,3)43-22(39)13-14-27(25(40)36-33-17-28(29,30)31)23(20-7-4-5-8-21(20)35-37-32)42-24(34-27)18-9-11-19(12-10-18)41-16-6-15-38/h4-5,7-12,23,33,38H,6,13-17H2,1-3H3,(H,36,40)/t23-,27-/m0/s1. The van der Waals surface area contributed by atoms with E-state index in [1.54, 1.807) is 57.2 Å². The number of rotatable bonds is 13. The number of carbonyl (C=O) groups is 2. The number of hydrazine groups is 1. The van der Waals surface area contributed by atoms with Crippen molar-refractivity contribution in [3.05, 3.63) is 70.1 Å². The highest BCUT2D eigenvalue weighted by molar-refractivity contribution is 6.01. The number of hydrogen-bond donors (Lipinski definition) is 3. The summed E-state index contributed by atoms with van der Waals surface area (Å²) in [7, 11) is 0. The number of azide groups is 1. The molecule has 0 saturated carbocycles. The van der Waals surface area contributed by atoms with Crippen molar-refractivity contribution >= 4 is 23.5 Å². The summed E-state index contributed by atoms with van der Waals surface area (Å²) in [6.45, 7) is 3.71. The molecule has 3 N–H and O–H groups in total. The van der Waals surface area contributed by atoms with E-state index >= 15 is 0 Å². The van der Waals surface area contributed by atoms with Gasteiger partial charge in [0.05, 0.1) is 6.61 Å². The number of nitrogens with zero attached hydrogens (tertiary/aromatic N) is 4. The maximum absolute atomic E-state index is 13.8. The van der Waals surface area contributed by atoms with Gasteiger partial charge in [-0.05, 0) is 57.0 Å². The molecule has 1 heterocycles. The first-order chi connectivity index (χ1) is 20.3. The zero-order valence-corrected chi connectivity index (χ0v) is 23.8. The Kier molecular flexibility index (Phi) is 11.0. The second kappa shape index (κ2) is 14.2. The summed E-state index contributed by atoms with van der Waals surface area (Å²) in [6, 6.07) is 12.6. The lowest BCUT2D eigenvalue weighted by Gasteiger charge is -2.31. The quantitative estimate of drug-likeness (QED) is 0.0724. The van der Waals surface area contributed by atoms with Gasteiger partial charge in [0.1, 0.15) is 17.9 Å². The van der Waals surface area contributed by atoms with Crippen LogP contribution in [0.1, 0.15) is 57.3 Å². The molecule has 2 aromatic carbocycles. The fourth-order valence-electron chi connectivity index (χ4n) is 4.21. The van der Waals surface area contributed by atoms with Gasteiger partial charge in [0, 0.05) is 41.2 Å². The minimum absolute atomic E-state index is 0.0350. The SMILES string of the molecule is CC(C)(C)OC(=O)CC[C@]1(C(=O)NNCC(F)(F)F)N=C(c2ccc(OCCCO)cc2)O[C@H]1c1ccccc1N=[N+]=[N-]. The number of hydrogen-bond acceptors (Lipinski definition) is 9. The van der Waals surface area contributed by atoms with Crippen LogP contribution in [-0.2, 0) is 19.1 Å². The van der Waals surface area contributed by atoms with Crippen LogP contribution < -0.4 is 15.6 Å². The van der Waals surface area contributed by atoms with Crippen LogP contribution in [0.25, 0.3) is 10.4 Å². The van der Waals surface area contributed by atoms with Crippen molar-refractivity contribution in [1.29, 1.82) is 0 Å². The summed E-state index contributed by atoms with van der Waals surface area (Å²) in [6.07, 6.45) is -6.20. The highest BCUT2D eigenvalue weighted by atomic mass is 19.4. The predicted octanol–water partition coefficient (Wildman–Crippen LogP) is 4.95. The van der Waals surface area contributed by atoms with Gasteiger partial charge in [0.2, 0.25) is 5.90 Å². The molecule has 2 aromatic rings. The zero-order chi connectivity index (χ0) is 31.7. The predicted molar refractivity (Wildman–Crippen MR) is 149 cm³/mol. The van der Waals surface area contributed by atoms with Crippen molar-refractivity contribution in [3.8, 4) is 5.75 Å². The molecule has 0 spiro atoms. The van der Waals surface area contributed by atoms with Crippen molar-refractivity contribution in [2.24, 2.45) is 10.1 Å². The van der Waals surface area contributed by atoms with E-state index in [4.69, 9.17) is 24.8 Å². The van der Waals surface area contributed by atoms with Gasteiger partial charge in [0.15, 0.2) is 11.6 Å². The van der Waals surface area contributed by atoms with E-state index in [2.05, 4.69) is 20.4 Å². The lowest BCUT2D eigenvalue weighted by atomic mass is 9.83. The minimum atomic E-state index is -4.63. The third kappa shape index (κ3) is 9.33. The number of esters is 1. The summed E-state index contributed by atoms with van der Waals surface area (Å²) in [4.78, 5) is 33.9.